The summed E-state index contributed by atoms with van der Waals surface area (Å²) in [6, 6.07) is 48.3. The number of nitrogens with zero attached hydrogens (tertiary/aromatic N) is 3. The molecule has 54 heavy (non-hydrogen) atoms. The number of hydrogen-bond acceptors (Lipinski definition) is 2. The van der Waals surface area contributed by atoms with Crippen LogP contribution in [0.1, 0.15) is 38.8 Å². The van der Waals surface area contributed by atoms with Crippen LogP contribution >= 0.6 is 0 Å². The molecule has 0 aliphatic carbocycles. The van der Waals surface area contributed by atoms with Gasteiger partial charge in [0, 0.05) is 56.2 Å². The Morgan fingerprint density at radius 1 is 0.685 bits per heavy atom. The molecule has 0 spiro atoms. The standard InChI is InChI=1S/C32H25N2Si.C17H20N.Ir/c1-35(2,3)21-18-19-29(33-20-21)28-16-9-15-27-26-14-8-13-25-23-11-5-4-10-22(23)24-12-6-7-17-30(24)34(31(25)26)32(27)28;1-13-12-18-16(14-8-6-5-7-9-14)10-15(13)11-17(2,3)4;/h4-15,17-20H,1-3H3;5-8,10,12H,11H2,1-4H3;/q2*-1;/i;1D3,11D2;. The Balaban J connectivity index is 0.000000193. The van der Waals surface area contributed by atoms with Crippen LogP contribution in [0.5, 0.6) is 0 Å². The summed E-state index contributed by atoms with van der Waals surface area (Å²) in [7, 11) is -1.42. The van der Waals surface area contributed by atoms with Crippen LogP contribution in [0.4, 0.5) is 0 Å². The van der Waals surface area contributed by atoms with Crippen molar-refractivity contribution >= 4 is 35.1 Å². The third-order valence-electron chi connectivity index (χ3n) is 9.68. The third kappa shape index (κ3) is 7.05. The van der Waals surface area contributed by atoms with Crippen LogP contribution in [0.2, 0.25) is 19.6 Å². The van der Waals surface area contributed by atoms with Gasteiger partial charge in [0.25, 0.3) is 0 Å². The predicted molar refractivity (Wildman–Crippen MR) is 227 cm³/mol. The first kappa shape index (κ1) is 31.4. The fraction of sp³-hybridized carbons (Fsp3) is 0.184. The molecule has 0 saturated carbocycles. The van der Waals surface area contributed by atoms with Crippen molar-refractivity contribution in [2.45, 2.75) is 53.6 Å². The molecule has 5 heteroatoms. The van der Waals surface area contributed by atoms with Crippen molar-refractivity contribution in [3.8, 4) is 50.5 Å². The summed E-state index contributed by atoms with van der Waals surface area (Å²) in [5.41, 5.74) is 11.3. The van der Waals surface area contributed by atoms with Crippen LogP contribution < -0.4 is 5.19 Å². The molecule has 1 aliphatic rings. The van der Waals surface area contributed by atoms with E-state index >= 15 is 0 Å². The molecular formula is C49H45IrN3Si-2. The summed E-state index contributed by atoms with van der Waals surface area (Å²) < 4.78 is 42.5. The van der Waals surface area contributed by atoms with E-state index in [-0.39, 0.29) is 31.2 Å². The summed E-state index contributed by atoms with van der Waals surface area (Å²) in [6.07, 6.45) is 1.53. The van der Waals surface area contributed by atoms with E-state index in [2.05, 4.69) is 132 Å². The average molecular weight is 901 g/mol. The van der Waals surface area contributed by atoms with E-state index in [0.29, 0.717) is 11.3 Å². The average Bonchev–Trinajstić information content (AvgIpc) is 3.48. The Hall–Kier alpha value is -4.93. The number of aromatic nitrogens is 3. The number of rotatable bonds is 4. The van der Waals surface area contributed by atoms with Gasteiger partial charge in [0.1, 0.15) is 0 Å². The van der Waals surface area contributed by atoms with Crippen molar-refractivity contribution in [1.29, 1.82) is 0 Å². The molecule has 0 saturated heterocycles. The zero-order valence-corrected chi connectivity index (χ0v) is 34.8. The molecule has 1 aliphatic heterocycles. The minimum absolute atomic E-state index is 0. The minimum atomic E-state index is -2.42. The summed E-state index contributed by atoms with van der Waals surface area (Å²) in [5.74, 6) is 0. The van der Waals surface area contributed by atoms with Gasteiger partial charge in [-0.25, -0.2) is 0 Å². The Labute approximate surface area is 341 Å². The van der Waals surface area contributed by atoms with Gasteiger partial charge in [0.2, 0.25) is 0 Å². The molecule has 0 amide bonds. The molecule has 0 N–H and O–H groups in total. The second kappa shape index (κ2) is 14.7. The Bertz CT molecular complexity index is 2820. The minimum Gasteiger partial charge on any atom is -0.350 e. The zero-order valence-electron chi connectivity index (χ0n) is 36.4. The van der Waals surface area contributed by atoms with Crippen molar-refractivity contribution in [2.75, 3.05) is 0 Å². The van der Waals surface area contributed by atoms with Gasteiger partial charge in [-0.2, -0.15) is 0 Å². The van der Waals surface area contributed by atoms with Crippen molar-refractivity contribution < 1.29 is 27.0 Å². The molecule has 0 fully saturated rings. The van der Waals surface area contributed by atoms with E-state index in [1.807, 2.05) is 24.3 Å². The molecule has 8 aromatic rings. The molecule has 0 unspecified atom stereocenters. The van der Waals surface area contributed by atoms with Crippen LogP contribution in [0.15, 0.2) is 134 Å². The molecule has 3 aromatic heterocycles. The van der Waals surface area contributed by atoms with Crippen molar-refractivity contribution in [2.24, 2.45) is 5.41 Å². The molecule has 3 nitrogen and oxygen atoms in total. The van der Waals surface area contributed by atoms with E-state index in [1.165, 1.54) is 61.1 Å². The van der Waals surface area contributed by atoms with Gasteiger partial charge in [-0.1, -0.05) is 130 Å². The summed E-state index contributed by atoms with van der Waals surface area (Å²) in [6.45, 7) is 9.93. The number of fused-ring (bicyclic) bond motifs is 8. The summed E-state index contributed by atoms with van der Waals surface area (Å²) in [4.78, 5) is 9.17. The van der Waals surface area contributed by atoms with Crippen LogP contribution in [0.3, 0.4) is 0 Å². The SMILES string of the molecule is C[Si](C)(C)c1ccc(-c2[c-]ccc3c4cccc5c4n(c23)-c2ccccc2-c2ccccc2-5)nc1.[2H]C([2H])([2H])c1cnc(-c2[c-]cccc2)cc1C([2H])([2H])C(C)(C)C.[Ir]. The van der Waals surface area contributed by atoms with Crippen LogP contribution in [-0.4, -0.2) is 22.6 Å². The summed E-state index contributed by atoms with van der Waals surface area (Å²) in [5, 5.41) is 3.87. The molecule has 0 atom stereocenters. The number of para-hydroxylation sites is 2. The third-order valence-corrected chi connectivity index (χ3v) is 11.7. The first-order valence-corrected chi connectivity index (χ1v) is 21.6. The van der Waals surface area contributed by atoms with Crippen molar-refractivity contribution in [1.82, 2.24) is 14.5 Å². The fourth-order valence-electron chi connectivity index (χ4n) is 7.20. The molecule has 1 radical (unpaired) electrons. The van der Waals surface area contributed by atoms with Gasteiger partial charge in [0.05, 0.1) is 13.6 Å². The van der Waals surface area contributed by atoms with Crippen LogP contribution in [0, 0.1) is 24.4 Å². The van der Waals surface area contributed by atoms with Gasteiger partial charge in [-0.15, -0.1) is 59.7 Å². The van der Waals surface area contributed by atoms with E-state index in [0.717, 1.165) is 11.3 Å². The van der Waals surface area contributed by atoms with Gasteiger partial charge in [0.15, 0.2) is 0 Å². The normalized spacial score (nSPS) is 13.8. The molecule has 0 bridgehead atoms. The van der Waals surface area contributed by atoms with Gasteiger partial charge >= 0.3 is 0 Å². The molecule has 9 rings (SSSR count). The second-order valence-electron chi connectivity index (χ2n) is 15.7. The number of aryl methyl sites for hydroxylation is 1. The Morgan fingerprint density at radius 2 is 1.37 bits per heavy atom. The smallest absolute Gasteiger partial charge is 0.0795 e. The quantitative estimate of drug-likeness (QED) is 0.130. The predicted octanol–water partition coefficient (Wildman–Crippen LogP) is 12.3. The summed E-state index contributed by atoms with van der Waals surface area (Å²) >= 11 is 0. The van der Waals surface area contributed by atoms with Crippen molar-refractivity contribution in [3.05, 3.63) is 157 Å². The van der Waals surface area contributed by atoms with Gasteiger partial charge in [-0.3, -0.25) is 0 Å². The Kier molecular flexibility index (Phi) is 8.56. The zero-order chi connectivity index (χ0) is 41.2. The maximum atomic E-state index is 8.48. The molecular weight excluding hydrogens is 851 g/mol. The second-order valence-corrected chi connectivity index (χ2v) is 20.7. The van der Waals surface area contributed by atoms with Gasteiger partial charge in [-0.05, 0) is 68.9 Å². The van der Waals surface area contributed by atoms with E-state index in [1.54, 1.807) is 32.9 Å². The molecule has 4 heterocycles. The first-order chi connectivity index (χ1) is 27.5. The van der Waals surface area contributed by atoms with E-state index < -0.39 is 26.7 Å². The van der Waals surface area contributed by atoms with Crippen LogP contribution in [0.25, 0.3) is 72.3 Å². The number of pyridine rings is 2. The Morgan fingerprint density at radius 3 is 2.06 bits per heavy atom. The van der Waals surface area contributed by atoms with Crippen LogP contribution in [-0.2, 0) is 26.5 Å². The maximum absolute atomic E-state index is 8.48. The molecule has 5 aromatic carbocycles. The number of benzene rings is 5. The van der Waals surface area contributed by atoms with Gasteiger partial charge < -0.3 is 14.5 Å². The fourth-order valence-corrected chi connectivity index (χ4v) is 8.24. The largest absolute Gasteiger partial charge is 0.350 e. The molecule has 271 valence electrons. The van der Waals surface area contributed by atoms with E-state index in [4.69, 9.17) is 11.8 Å². The topological polar surface area (TPSA) is 30.7 Å². The van der Waals surface area contributed by atoms with Crippen molar-refractivity contribution in [3.63, 3.8) is 0 Å². The number of hydrogen-bond donors (Lipinski definition) is 0. The maximum Gasteiger partial charge on any atom is 0.0795 e. The van der Waals surface area contributed by atoms with E-state index in [9.17, 15) is 0 Å². The monoisotopic (exact) mass is 901 g/mol. The first-order valence-electron chi connectivity index (χ1n) is 20.6.